The smallest absolute Gasteiger partial charge is 0.257 e. The first kappa shape index (κ1) is 13.2. The van der Waals surface area contributed by atoms with Gasteiger partial charge in [0, 0.05) is 24.6 Å². The number of fused-ring (bicyclic) bond motifs is 1. The maximum absolute atomic E-state index is 12.2. The first-order chi connectivity index (χ1) is 9.79. The van der Waals surface area contributed by atoms with Crippen molar-refractivity contribution >= 4 is 16.6 Å². The number of hydrogen-bond donors (Lipinski definition) is 2. The van der Waals surface area contributed by atoms with Gasteiger partial charge in [-0.05, 0) is 43.2 Å². The highest BCUT2D eigenvalue weighted by atomic mass is 16.3. The van der Waals surface area contributed by atoms with E-state index in [2.05, 4.69) is 9.88 Å². The molecule has 1 aliphatic carbocycles. The number of nitrogens with zero attached hydrogens (tertiary/aromatic N) is 1. The number of nitrogens with one attached hydrogen (secondary N) is 1. The lowest BCUT2D eigenvalue weighted by Gasteiger charge is -2.38. The lowest BCUT2D eigenvalue weighted by molar-refractivity contribution is 0.282. The van der Waals surface area contributed by atoms with Crippen LogP contribution >= 0.6 is 0 Å². The molecular formula is C16H20N2O2. The van der Waals surface area contributed by atoms with Crippen LogP contribution in [0, 0.1) is 0 Å². The van der Waals surface area contributed by atoms with Crippen molar-refractivity contribution in [3.8, 4) is 0 Å². The van der Waals surface area contributed by atoms with Gasteiger partial charge in [0.25, 0.3) is 5.56 Å². The van der Waals surface area contributed by atoms with Gasteiger partial charge in [-0.1, -0.05) is 18.2 Å². The molecule has 4 nitrogen and oxygen atoms in total. The first-order valence-corrected chi connectivity index (χ1v) is 7.29. The SMILES string of the molecule is O=c1[nH]c(N(CCCO)C2CCC2)cc2ccccc12. The van der Waals surface area contributed by atoms with Crippen LogP contribution in [0.25, 0.3) is 10.8 Å². The minimum absolute atomic E-state index is 0.0357. The van der Waals surface area contributed by atoms with Crippen molar-refractivity contribution in [2.24, 2.45) is 0 Å². The van der Waals surface area contributed by atoms with E-state index < -0.39 is 0 Å². The van der Waals surface area contributed by atoms with E-state index in [0.717, 1.165) is 29.6 Å². The summed E-state index contributed by atoms with van der Waals surface area (Å²) in [4.78, 5) is 17.4. The van der Waals surface area contributed by atoms with Crippen molar-refractivity contribution in [3.05, 3.63) is 40.7 Å². The molecule has 4 heteroatoms. The lowest BCUT2D eigenvalue weighted by Crippen LogP contribution is -2.42. The van der Waals surface area contributed by atoms with Crippen molar-refractivity contribution in [2.75, 3.05) is 18.1 Å². The number of hydrogen-bond acceptors (Lipinski definition) is 3. The van der Waals surface area contributed by atoms with E-state index in [1.807, 2.05) is 30.3 Å². The van der Waals surface area contributed by atoms with Crippen LogP contribution in [0.15, 0.2) is 35.1 Å². The van der Waals surface area contributed by atoms with Gasteiger partial charge in [-0.15, -0.1) is 0 Å². The van der Waals surface area contributed by atoms with Gasteiger partial charge in [0.05, 0.1) is 0 Å². The Bertz CT molecular complexity index is 646. The summed E-state index contributed by atoms with van der Waals surface area (Å²) in [5.41, 5.74) is -0.0357. The number of aromatic nitrogens is 1. The van der Waals surface area contributed by atoms with E-state index in [1.54, 1.807) is 0 Å². The summed E-state index contributed by atoms with van der Waals surface area (Å²) >= 11 is 0. The van der Waals surface area contributed by atoms with E-state index in [4.69, 9.17) is 5.11 Å². The molecule has 2 aromatic rings. The van der Waals surface area contributed by atoms with E-state index in [-0.39, 0.29) is 12.2 Å². The summed E-state index contributed by atoms with van der Waals surface area (Å²) in [6, 6.07) is 10.2. The van der Waals surface area contributed by atoms with Gasteiger partial charge in [0.2, 0.25) is 0 Å². The molecule has 0 spiro atoms. The average Bonchev–Trinajstić information content (AvgIpc) is 2.41. The third-order valence-electron chi connectivity index (χ3n) is 4.12. The average molecular weight is 272 g/mol. The van der Waals surface area contributed by atoms with Gasteiger partial charge < -0.3 is 15.0 Å². The number of aliphatic hydroxyl groups is 1. The molecule has 0 saturated heterocycles. The highest BCUT2D eigenvalue weighted by molar-refractivity contribution is 5.83. The Morgan fingerprint density at radius 3 is 2.80 bits per heavy atom. The molecule has 1 aromatic carbocycles. The second-order valence-electron chi connectivity index (χ2n) is 5.43. The summed E-state index contributed by atoms with van der Waals surface area (Å²) < 4.78 is 0. The van der Waals surface area contributed by atoms with E-state index in [0.29, 0.717) is 6.04 Å². The number of H-pyrrole nitrogens is 1. The summed E-state index contributed by atoms with van der Waals surface area (Å²) in [7, 11) is 0. The van der Waals surface area contributed by atoms with Gasteiger partial charge >= 0.3 is 0 Å². The van der Waals surface area contributed by atoms with Gasteiger partial charge in [-0.3, -0.25) is 4.79 Å². The van der Waals surface area contributed by atoms with Crippen LogP contribution in [-0.2, 0) is 0 Å². The summed E-state index contributed by atoms with van der Waals surface area (Å²) in [6.07, 6.45) is 4.31. The monoisotopic (exact) mass is 272 g/mol. The largest absolute Gasteiger partial charge is 0.396 e. The first-order valence-electron chi connectivity index (χ1n) is 7.29. The van der Waals surface area contributed by atoms with E-state index in [9.17, 15) is 4.79 Å². The van der Waals surface area contributed by atoms with E-state index >= 15 is 0 Å². The molecule has 106 valence electrons. The second-order valence-corrected chi connectivity index (χ2v) is 5.43. The lowest BCUT2D eigenvalue weighted by atomic mass is 9.91. The molecule has 20 heavy (non-hydrogen) atoms. The zero-order valence-corrected chi connectivity index (χ0v) is 11.5. The molecule has 0 unspecified atom stereocenters. The topological polar surface area (TPSA) is 56.3 Å². The Hall–Kier alpha value is -1.81. The van der Waals surface area contributed by atoms with Crippen molar-refractivity contribution in [1.29, 1.82) is 0 Å². The zero-order valence-electron chi connectivity index (χ0n) is 11.5. The van der Waals surface area contributed by atoms with Crippen LogP contribution in [0.5, 0.6) is 0 Å². The Morgan fingerprint density at radius 1 is 1.30 bits per heavy atom. The predicted octanol–water partition coefficient (Wildman–Crippen LogP) is 2.27. The van der Waals surface area contributed by atoms with Crippen LogP contribution in [0.4, 0.5) is 5.82 Å². The van der Waals surface area contributed by atoms with Crippen LogP contribution in [0.1, 0.15) is 25.7 Å². The van der Waals surface area contributed by atoms with Crippen LogP contribution in [0.2, 0.25) is 0 Å². The fourth-order valence-corrected chi connectivity index (χ4v) is 2.79. The third-order valence-corrected chi connectivity index (χ3v) is 4.12. The molecule has 3 rings (SSSR count). The molecule has 0 atom stereocenters. The molecule has 1 heterocycles. The number of benzene rings is 1. The molecule has 2 N–H and O–H groups in total. The maximum atomic E-state index is 12.2. The molecule has 0 bridgehead atoms. The molecule has 0 radical (unpaired) electrons. The fraction of sp³-hybridized carbons (Fsp3) is 0.438. The summed E-state index contributed by atoms with van der Waals surface area (Å²) in [5, 5.41) is 10.8. The van der Waals surface area contributed by atoms with Gasteiger partial charge in [-0.2, -0.15) is 0 Å². The highest BCUT2D eigenvalue weighted by Crippen LogP contribution is 2.29. The van der Waals surface area contributed by atoms with Crippen LogP contribution in [0.3, 0.4) is 0 Å². The molecule has 1 aromatic heterocycles. The molecular weight excluding hydrogens is 252 g/mol. The third kappa shape index (κ3) is 2.43. The second kappa shape index (κ2) is 5.67. The number of aliphatic hydroxyl groups excluding tert-OH is 1. The number of rotatable bonds is 5. The Labute approximate surface area is 118 Å². The van der Waals surface area contributed by atoms with Gasteiger partial charge in [0.15, 0.2) is 0 Å². The Kier molecular flexibility index (Phi) is 3.74. The number of pyridine rings is 1. The zero-order chi connectivity index (χ0) is 13.9. The van der Waals surface area contributed by atoms with E-state index in [1.165, 1.54) is 19.3 Å². The van der Waals surface area contributed by atoms with Crippen molar-refractivity contribution < 1.29 is 5.11 Å². The quantitative estimate of drug-likeness (QED) is 0.878. The predicted molar refractivity (Wildman–Crippen MR) is 81.3 cm³/mol. The molecule has 1 fully saturated rings. The summed E-state index contributed by atoms with van der Waals surface area (Å²) in [6.45, 7) is 0.969. The van der Waals surface area contributed by atoms with Crippen molar-refractivity contribution in [1.82, 2.24) is 4.98 Å². The molecule has 0 amide bonds. The van der Waals surface area contributed by atoms with Crippen molar-refractivity contribution in [3.63, 3.8) is 0 Å². The van der Waals surface area contributed by atoms with Gasteiger partial charge in [-0.25, -0.2) is 0 Å². The molecule has 0 aliphatic heterocycles. The number of aromatic amines is 1. The standard InChI is InChI=1S/C16H20N2O2/c19-10-4-9-18(13-6-3-7-13)15-11-12-5-1-2-8-14(12)16(20)17-15/h1-2,5,8,11,13,19H,3-4,6-7,9-10H2,(H,17,20). The maximum Gasteiger partial charge on any atom is 0.257 e. The Balaban J connectivity index is 1.99. The summed E-state index contributed by atoms with van der Waals surface area (Å²) in [5.74, 6) is 0.881. The fourth-order valence-electron chi connectivity index (χ4n) is 2.79. The molecule has 1 aliphatic rings. The van der Waals surface area contributed by atoms with Crippen LogP contribution in [-0.4, -0.2) is 29.3 Å². The highest BCUT2D eigenvalue weighted by Gasteiger charge is 2.25. The normalized spacial score (nSPS) is 15.2. The minimum atomic E-state index is -0.0357. The molecule has 1 saturated carbocycles. The van der Waals surface area contributed by atoms with Crippen LogP contribution < -0.4 is 10.5 Å². The van der Waals surface area contributed by atoms with Crippen molar-refractivity contribution in [2.45, 2.75) is 31.7 Å². The minimum Gasteiger partial charge on any atom is -0.396 e. The van der Waals surface area contributed by atoms with Gasteiger partial charge in [0.1, 0.15) is 5.82 Å². The number of anilines is 1. The Morgan fingerprint density at radius 2 is 2.10 bits per heavy atom.